The first-order valence-electron chi connectivity index (χ1n) is 6.30. The number of piperazine rings is 1. The molecule has 18 heavy (non-hydrogen) atoms. The first-order valence-corrected chi connectivity index (χ1v) is 7.18. The molecule has 1 aliphatic heterocycles. The second-order valence-corrected chi connectivity index (χ2v) is 5.82. The van der Waals surface area contributed by atoms with Gasteiger partial charge in [-0.3, -0.25) is 9.30 Å². The first-order chi connectivity index (χ1) is 8.76. The van der Waals surface area contributed by atoms with Crippen LogP contribution in [-0.2, 0) is 6.54 Å². The summed E-state index contributed by atoms with van der Waals surface area (Å²) in [6, 6.07) is 0.448. The molecule has 3 heterocycles. The van der Waals surface area contributed by atoms with E-state index in [4.69, 9.17) is 5.73 Å². The molecule has 0 aliphatic carbocycles. The number of imidazole rings is 1. The van der Waals surface area contributed by atoms with Crippen LogP contribution in [0, 0.1) is 0 Å². The highest BCUT2D eigenvalue weighted by molar-refractivity contribution is 7.15. The smallest absolute Gasteiger partial charge is 0.193 e. The Hall–Kier alpha value is -0.950. The second-order valence-electron chi connectivity index (χ2n) is 4.95. The monoisotopic (exact) mass is 265 g/mol. The molecule has 3 rings (SSSR count). The van der Waals surface area contributed by atoms with Crippen molar-refractivity contribution in [3.8, 4) is 0 Å². The normalized spacial score (nSPS) is 22.9. The lowest BCUT2D eigenvalue weighted by atomic mass is 10.1. The van der Waals surface area contributed by atoms with Gasteiger partial charge in [0.25, 0.3) is 0 Å². The lowest BCUT2D eigenvalue weighted by molar-refractivity contribution is 0.0871. The van der Waals surface area contributed by atoms with Gasteiger partial charge in [0.05, 0.1) is 5.69 Å². The van der Waals surface area contributed by atoms with Crippen molar-refractivity contribution in [1.29, 1.82) is 0 Å². The van der Waals surface area contributed by atoms with Crippen molar-refractivity contribution in [3.63, 3.8) is 0 Å². The highest BCUT2D eigenvalue weighted by Crippen LogP contribution is 2.15. The van der Waals surface area contributed by atoms with E-state index < -0.39 is 0 Å². The summed E-state index contributed by atoms with van der Waals surface area (Å²) in [6.07, 6.45) is 4.18. The van der Waals surface area contributed by atoms with Crippen LogP contribution >= 0.6 is 11.3 Å². The van der Waals surface area contributed by atoms with E-state index in [-0.39, 0.29) is 0 Å². The van der Waals surface area contributed by atoms with Gasteiger partial charge in [-0.05, 0) is 7.05 Å². The molecule has 98 valence electrons. The van der Waals surface area contributed by atoms with Gasteiger partial charge in [-0.2, -0.15) is 0 Å². The van der Waals surface area contributed by atoms with Gasteiger partial charge >= 0.3 is 0 Å². The molecule has 1 aliphatic rings. The maximum Gasteiger partial charge on any atom is 0.193 e. The van der Waals surface area contributed by atoms with Crippen LogP contribution in [0.2, 0.25) is 0 Å². The van der Waals surface area contributed by atoms with Crippen LogP contribution in [0.25, 0.3) is 4.96 Å². The second kappa shape index (κ2) is 4.97. The summed E-state index contributed by atoms with van der Waals surface area (Å²) < 4.78 is 2.09. The van der Waals surface area contributed by atoms with E-state index in [1.54, 1.807) is 11.3 Å². The van der Waals surface area contributed by atoms with E-state index in [1.807, 2.05) is 0 Å². The van der Waals surface area contributed by atoms with Gasteiger partial charge in [-0.25, -0.2) is 4.98 Å². The van der Waals surface area contributed by atoms with Crippen LogP contribution in [0.15, 0.2) is 17.8 Å². The van der Waals surface area contributed by atoms with E-state index in [0.29, 0.717) is 12.6 Å². The molecule has 0 bridgehead atoms. The highest BCUT2D eigenvalue weighted by Gasteiger charge is 2.24. The Kier molecular flexibility index (Phi) is 3.34. The van der Waals surface area contributed by atoms with Crippen molar-refractivity contribution < 1.29 is 0 Å². The van der Waals surface area contributed by atoms with Gasteiger partial charge in [0.15, 0.2) is 4.96 Å². The Balaban J connectivity index is 1.73. The van der Waals surface area contributed by atoms with Crippen LogP contribution in [0.4, 0.5) is 0 Å². The number of likely N-dealkylation sites (N-methyl/N-ethyl adjacent to an activating group) is 1. The van der Waals surface area contributed by atoms with Crippen LogP contribution in [0.5, 0.6) is 0 Å². The van der Waals surface area contributed by atoms with Crippen molar-refractivity contribution in [2.45, 2.75) is 12.6 Å². The van der Waals surface area contributed by atoms with E-state index in [1.165, 1.54) is 0 Å². The zero-order chi connectivity index (χ0) is 12.5. The molecular formula is C12H19N5S. The minimum absolute atomic E-state index is 0.448. The molecule has 0 amide bonds. The minimum atomic E-state index is 0.448. The number of hydrogen-bond donors (Lipinski definition) is 1. The average Bonchev–Trinajstić information content (AvgIpc) is 2.92. The van der Waals surface area contributed by atoms with Crippen molar-refractivity contribution in [1.82, 2.24) is 19.2 Å². The van der Waals surface area contributed by atoms with Crippen LogP contribution < -0.4 is 5.73 Å². The number of nitrogens with two attached hydrogens (primary N) is 1. The van der Waals surface area contributed by atoms with Gasteiger partial charge in [0.2, 0.25) is 0 Å². The topological polar surface area (TPSA) is 49.8 Å². The third-order valence-electron chi connectivity index (χ3n) is 3.59. The lowest BCUT2D eigenvalue weighted by Gasteiger charge is -2.39. The predicted molar refractivity (Wildman–Crippen MR) is 73.8 cm³/mol. The maximum atomic E-state index is 5.87. The molecule has 5 nitrogen and oxygen atoms in total. The molecule has 2 aromatic rings. The van der Waals surface area contributed by atoms with Crippen molar-refractivity contribution in [2.24, 2.45) is 5.73 Å². The fraction of sp³-hybridized carbons (Fsp3) is 0.583. The van der Waals surface area contributed by atoms with E-state index in [0.717, 1.165) is 36.8 Å². The maximum absolute atomic E-state index is 5.87. The average molecular weight is 265 g/mol. The molecule has 2 N–H and O–H groups in total. The fourth-order valence-corrected chi connectivity index (χ4v) is 3.26. The molecular weight excluding hydrogens is 246 g/mol. The number of nitrogens with zero attached hydrogens (tertiary/aromatic N) is 4. The summed E-state index contributed by atoms with van der Waals surface area (Å²) in [5.74, 6) is 0. The van der Waals surface area contributed by atoms with Crippen molar-refractivity contribution in [3.05, 3.63) is 23.5 Å². The molecule has 0 aromatic carbocycles. The zero-order valence-electron chi connectivity index (χ0n) is 10.6. The number of thiazole rings is 1. The predicted octanol–water partition coefficient (Wildman–Crippen LogP) is 0.470. The number of rotatable bonds is 3. The van der Waals surface area contributed by atoms with Crippen LogP contribution in [0.3, 0.4) is 0 Å². The van der Waals surface area contributed by atoms with Crippen molar-refractivity contribution >= 4 is 16.3 Å². The van der Waals surface area contributed by atoms with E-state index in [2.05, 4.69) is 44.0 Å². The molecule has 0 radical (unpaired) electrons. The minimum Gasteiger partial charge on any atom is -0.329 e. The molecule has 1 saturated heterocycles. The van der Waals surface area contributed by atoms with Crippen molar-refractivity contribution in [2.75, 3.05) is 33.2 Å². The summed E-state index contributed by atoms with van der Waals surface area (Å²) >= 11 is 1.68. The molecule has 6 heteroatoms. The Bertz CT molecular complexity index is 491. The summed E-state index contributed by atoms with van der Waals surface area (Å²) in [5, 5.41) is 2.06. The lowest BCUT2D eigenvalue weighted by Crippen LogP contribution is -2.54. The third-order valence-corrected chi connectivity index (χ3v) is 4.36. The number of hydrogen-bond acceptors (Lipinski definition) is 5. The standard InChI is InChI=1S/C12H19N5S/c1-15-2-3-16(11(6-13)9-15)7-10-8-17-4-5-18-12(17)14-10/h4-5,8,11H,2-3,6-7,9,13H2,1H3. The molecule has 1 unspecified atom stereocenters. The summed E-state index contributed by atoms with van der Waals surface area (Å²) in [6.45, 7) is 4.86. The van der Waals surface area contributed by atoms with Gasteiger partial charge < -0.3 is 10.6 Å². The SMILES string of the molecule is CN1CCN(Cc2cn3ccsc3n2)C(CN)C1. The summed E-state index contributed by atoms with van der Waals surface area (Å²) in [4.78, 5) is 10.5. The van der Waals surface area contributed by atoms with E-state index >= 15 is 0 Å². The molecule has 1 atom stereocenters. The van der Waals surface area contributed by atoms with Gasteiger partial charge in [0, 0.05) is 56.5 Å². The summed E-state index contributed by atoms with van der Waals surface area (Å²) in [7, 11) is 2.16. The van der Waals surface area contributed by atoms with E-state index in [9.17, 15) is 0 Å². The molecule has 1 fully saturated rings. The highest BCUT2D eigenvalue weighted by atomic mass is 32.1. The fourth-order valence-electron chi connectivity index (χ4n) is 2.54. The Labute approximate surface area is 111 Å². The molecule has 0 saturated carbocycles. The Morgan fingerprint density at radius 2 is 2.39 bits per heavy atom. The third kappa shape index (κ3) is 2.29. The largest absolute Gasteiger partial charge is 0.329 e. The number of aromatic nitrogens is 2. The van der Waals surface area contributed by atoms with Gasteiger partial charge in [-0.15, -0.1) is 11.3 Å². The Morgan fingerprint density at radius 3 is 3.17 bits per heavy atom. The quantitative estimate of drug-likeness (QED) is 0.876. The van der Waals surface area contributed by atoms with Crippen LogP contribution in [-0.4, -0.2) is 58.5 Å². The first kappa shape index (κ1) is 12.1. The zero-order valence-corrected chi connectivity index (χ0v) is 11.4. The molecule has 2 aromatic heterocycles. The molecule has 0 spiro atoms. The van der Waals surface area contributed by atoms with Gasteiger partial charge in [0.1, 0.15) is 0 Å². The van der Waals surface area contributed by atoms with Gasteiger partial charge in [-0.1, -0.05) is 0 Å². The Morgan fingerprint density at radius 1 is 1.50 bits per heavy atom. The summed E-state index contributed by atoms with van der Waals surface area (Å²) in [5.41, 5.74) is 7.02. The van der Waals surface area contributed by atoms with Crippen LogP contribution in [0.1, 0.15) is 5.69 Å². The number of fused-ring (bicyclic) bond motifs is 1.